The molecule has 0 atom stereocenters. The van der Waals surface area contributed by atoms with Crippen molar-refractivity contribution in [1.29, 1.82) is 0 Å². The maximum absolute atomic E-state index is 4.55. The van der Waals surface area contributed by atoms with Gasteiger partial charge in [-0.3, -0.25) is 0 Å². The molecule has 0 spiro atoms. The van der Waals surface area contributed by atoms with Crippen molar-refractivity contribution in [3.63, 3.8) is 0 Å². The molecule has 1 aliphatic carbocycles. The lowest BCUT2D eigenvalue weighted by atomic mass is 9.80. The Morgan fingerprint density at radius 1 is 0.850 bits per heavy atom. The first-order valence-electron chi connectivity index (χ1n) is 8.46. The van der Waals surface area contributed by atoms with Crippen molar-refractivity contribution in [2.45, 2.75) is 96.3 Å². The third-order valence-electron chi connectivity index (χ3n) is 4.66. The number of hydrogen-bond acceptors (Lipinski definition) is 3. The molecule has 3 heteroatoms. The van der Waals surface area contributed by atoms with Crippen LogP contribution in [0.5, 0.6) is 0 Å². The second kappa shape index (κ2) is 7.53. The summed E-state index contributed by atoms with van der Waals surface area (Å²) >= 11 is 1.86. The zero-order valence-electron chi connectivity index (χ0n) is 13.5. The van der Waals surface area contributed by atoms with Crippen molar-refractivity contribution in [3.8, 4) is 0 Å². The van der Waals surface area contributed by atoms with Crippen molar-refractivity contribution in [1.82, 2.24) is 10.2 Å². The Morgan fingerprint density at radius 2 is 1.35 bits per heavy atom. The highest BCUT2D eigenvalue weighted by Crippen LogP contribution is 2.38. The fraction of sp³-hybridized carbons (Fsp3) is 0.882. The van der Waals surface area contributed by atoms with Gasteiger partial charge >= 0.3 is 0 Å². The summed E-state index contributed by atoms with van der Waals surface area (Å²) < 4.78 is 0. The molecule has 1 saturated carbocycles. The molecule has 0 bridgehead atoms. The average molecular weight is 295 g/mol. The normalized spacial score (nSPS) is 21.6. The highest BCUT2D eigenvalue weighted by atomic mass is 32.1. The van der Waals surface area contributed by atoms with E-state index in [2.05, 4.69) is 31.0 Å². The molecule has 20 heavy (non-hydrogen) atoms. The van der Waals surface area contributed by atoms with Crippen LogP contribution in [0.3, 0.4) is 0 Å². The van der Waals surface area contributed by atoms with Crippen LogP contribution in [0.25, 0.3) is 0 Å². The molecule has 114 valence electrons. The molecule has 0 saturated heterocycles. The van der Waals surface area contributed by atoms with Crippen LogP contribution < -0.4 is 0 Å². The van der Waals surface area contributed by atoms with Gasteiger partial charge in [0.2, 0.25) is 0 Å². The smallest absolute Gasteiger partial charge is 0.123 e. The molecule has 1 aromatic heterocycles. The van der Waals surface area contributed by atoms with E-state index in [1.807, 2.05) is 11.3 Å². The van der Waals surface area contributed by atoms with Gasteiger partial charge in [0.05, 0.1) is 0 Å². The Labute approximate surface area is 128 Å². The monoisotopic (exact) mass is 294 g/mol. The Morgan fingerprint density at radius 3 is 1.80 bits per heavy atom. The maximum Gasteiger partial charge on any atom is 0.123 e. The van der Waals surface area contributed by atoms with Crippen LogP contribution >= 0.6 is 11.3 Å². The van der Waals surface area contributed by atoms with Gasteiger partial charge in [0.25, 0.3) is 0 Å². The van der Waals surface area contributed by atoms with Gasteiger partial charge in [-0.15, -0.1) is 21.5 Å². The van der Waals surface area contributed by atoms with Crippen LogP contribution in [-0.4, -0.2) is 10.2 Å². The van der Waals surface area contributed by atoms with Gasteiger partial charge in [-0.1, -0.05) is 72.1 Å². The highest BCUT2D eigenvalue weighted by Gasteiger charge is 2.30. The number of aromatic nitrogens is 2. The summed E-state index contributed by atoms with van der Waals surface area (Å²) in [5.74, 6) is 0.507. The van der Waals surface area contributed by atoms with Gasteiger partial charge < -0.3 is 0 Å². The van der Waals surface area contributed by atoms with E-state index in [4.69, 9.17) is 0 Å². The Hall–Kier alpha value is -0.440. The standard InChI is InChI=1S/C17H30N2S/c1-14(2)15-18-19-16(20-15)17(3)12-10-8-6-4-5-7-9-11-13-17/h14H,4-13H2,1-3H3. The summed E-state index contributed by atoms with van der Waals surface area (Å²) in [6.45, 7) is 6.85. The van der Waals surface area contributed by atoms with Crippen molar-refractivity contribution >= 4 is 11.3 Å². The third-order valence-corrected chi connectivity index (χ3v) is 6.19. The molecule has 0 radical (unpaired) electrons. The summed E-state index contributed by atoms with van der Waals surface area (Å²) in [5.41, 5.74) is 0.273. The van der Waals surface area contributed by atoms with Gasteiger partial charge in [0, 0.05) is 11.3 Å². The van der Waals surface area contributed by atoms with E-state index < -0.39 is 0 Å². The number of hydrogen-bond donors (Lipinski definition) is 0. The molecule has 0 aliphatic heterocycles. The lowest BCUT2D eigenvalue weighted by Crippen LogP contribution is -2.22. The molecule has 0 N–H and O–H groups in total. The highest BCUT2D eigenvalue weighted by molar-refractivity contribution is 7.11. The molecule has 2 nitrogen and oxygen atoms in total. The Balaban J connectivity index is 2.09. The van der Waals surface area contributed by atoms with Gasteiger partial charge in [-0.25, -0.2) is 0 Å². The first kappa shape index (κ1) is 15.9. The fourth-order valence-corrected chi connectivity index (χ4v) is 4.19. The van der Waals surface area contributed by atoms with Gasteiger partial charge in [0.1, 0.15) is 10.0 Å². The molecular formula is C17H30N2S. The van der Waals surface area contributed by atoms with E-state index in [0.29, 0.717) is 5.92 Å². The Bertz CT molecular complexity index is 385. The molecule has 0 amide bonds. The predicted octanol–water partition coefficient (Wildman–Crippen LogP) is 5.83. The van der Waals surface area contributed by atoms with Crippen molar-refractivity contribution in [2.24, 2.45) is 0 Å². The summed E-state index contributed by atoms with van der Waals surface area (Å²) in [4.78, 5) is 0. The van der Waals surface area contributed by atoms with Crippen LogP contribution in [0, 0.1) is 0 Å². The number of nitrogens with zero attached hydrogens (tertiary/aromatic N) is 2. The fourth-order valence-electron chi connectivity index (χ4n) is 3.14. The SMILES string of the molecule is CC(C)c1nnc(C2(C)CCCCCCCCCC2)s1. The van der Waals surface area contributed by atoms with E-state index in [1.165, 1.54) is 74.2 Å². The minimum absolute atomic E-state index is 0.273. The first-order valence-corrected chi connectivity index (χ1v) is 9.27. The number of rotatable bonds is 2. The van der Waals surface area contributed by atoms with E-state index >= 15 is 0 Å². The van der Waals surface area contributed by atoms with Gasteiger partial charge in [-0.2, -0.15) is 0 Å². The van der Waals surface area contributed by atoms with E-state index in [-0.39, 0.29) is 5.41 Å². The van der Waals surface area contributed by atoms with Gasteiger partial charge in [-0.05, 0) is 12.8 Å². The topological polar surface area (TPSA) is 25.8 Å². The average Bonchev–Trinajstić information content (AvgIpc) is 2.89. The van der Waals surface area contributed by atoms with Crippen LogP contribution in [0.1, 0.15) is 101 Å². The molecule has 0 aromatic carbocycles. The summed E-state index contributed by atoms with van der Waals surface area (Å²) in [6.07, 6.45) is 13.8. The molecule has 1 fully saturated rings. The second-order valence-electron chi connectivity index (χ2n) is 6.99. The van der Waals surface area contributed by atoms with Crippen molar-refractivity contribution < 1.29 is 0 Å². The van der Waals surface area contributed by atoms with Crippen LogP contribution in [0.2, 0.25) is 0 Å². The third kappa shape index (κ3) is 4.28. The Kier molecular flexibility index (Phi) is 6.01. The largest absolute Gasteiger partial charge is 0.143 e. The zero-order chi connectivity index (χ0) is 14.4. The minimum atomic E-state index is 0.273. The van der Waals surface area contributed by atoms with Crippen molar-refractivity contribution in [2.75, 3.05) is 0 Å². The molecular weight excluding hydrogens is 264 g/mol. The quantitative estimate of drug-likeness (QED) is 0.685. The maximum atomic E-state index is 4.55. The molecule has 0 unspecified atom stereocenters. The molecule has 1 aromatic rings. The summed E-state index contributed by atoms with van der Waals surface area (Å²) in [7, 11) is 0. The van der Waals surface area contributed by atoms with Gasteiger partial charge in [0.15, 0.2) is 0 Å². The van der Waals surface area contributed by atoms with E-state index in [9.17, 15) is 0 Å². The summed E-state index contributed by atoms with van der Waals surface area (Å²) in [5, 5.41) is 11.5. The van der Waals surface area contributed by atoms with E-state index in [0.717, 1.165) is 0 Å². The first-order chi connectivity index (χ1) is 9.62. The molecule has 2 rings (SSSR count). The van der Waals surface area contributed by atoms with Crippen LogP contribution in [0.15, 0.2) is 0 Å². The van der Waals surface area contributed by atoms with E-state index in [1.54, 1.807) is 0 Å². The summed E-state index contributed by atoms with van der Waals surface area (Å²) in [6, 6.07) is 0. The minimum Gasteiger partial charge on any atom is -0.143 e. The molecule has 1 aliphatic rings. The van der Waals surface area contributed by atoms with Crippen LogP contribution in [-0.2, 0) is 5.41 Å². The van der Waals surface area contributed by atoms with Crippen molar-refractivity contribution in [3.05, 3.63) is 10.0 Å². The van der Waals surface area contributed by atoms with Crippen LogP contribution in [0.4, 0.5) is 0 Å². The predicted molar refractivity (Wildman–Crippen MR) is 87.5 cm³/mol. The lowest BCUT2D eigenvalue weighted by Gasteiger charge is -2.27. The lowest BCUT2D eigenvalue weighted by molar-refractivity contribution is 0.366. The zero-order valence-corrected chi connectivity index (χ0v) is 14.3. The molecule has 1 heterocycles. The second-order valence-corrected chi connectivity index (χ2v) is 8.00.